The van der Waals surface area contributed by atoms with Gasteiger partial charge in [-0.3, -0.25) is 15.5 Å². The molecule has 3 aromatic rings. The minimum Gasteiger partial charge on any atom is -0.497 e. The predicted octanol–water partition coefficient (Wildman–Crippen LogP) is 0.207. The van der Waals surface area contributed by atoms with Crippen LogP contribution in [-0.2, 0) is 6.54 Å². The number of nitro benzene ring substituents is 1. The number of nitrogens with zero attached hydrogens (tertiary/aromatic N) is 2. The molecule has 0 fully saturated rings. The summed E-state index contributed by atoms with van der Waals surface area (Å²) in [6, 6.07) is 13.1. The van der Waals surface area contributed by atoms with Crippen LogP contribution >= 0.6 is 0 Å². The van der Waals surface area contributed by atoms with Crippen molar-refractivity contribution in [3.05, 3.63) is 69.3 Å². The molecular weight excluding hydrogens is 420 g/mol. The number of methoxy groups -OCH3 is 2. The third-order valence-corrected chi connectivity index (χ3v) is 4.28. The van der Waals surface area contributed by atoms with E-state index >= 15 is 0 Å². The molecule has 134 valence electrons. The smallest absolute Gasteiger partial charge is 0.497 e. The molecule has 1 aromatic heterocycles. The number of hydrogen-bond acceptors (Lipinski definition) is 5. The number of nitro groups is 1. The summed E-state index contributed by atoms with van der Waals surface area (Å²) in [6.07, 6.45) is 0. The molecule has 7 nitrogen and oxygen atoms in total. The van der Waals surface area contributed by atoms with Crippen LogP contribution in [0.4, 0.5) is 5.69 Å². The van der Waals surface area contributed by atoms with Crippen molar-refractivity contribution in [3.63, 3.8) is 0 Å². The predicted molar refractivity (Wildman–Crippen MR) is 96.7 cm³/mol. The Hall–Kier alpha value is -1.54. The van der Waals surface area contributed by atoms with E-state index in [1.807, 2.05) is 19.1 Å². The van der Waals surface area contributed by atoms with Crippen LogP contribution in [0, 0.1) is 28.5 Å². The van der Waals surface area contributed by atoms with Crippen LogP contribution in [0.25, 0.3) is 10.8 Å². The molecule has 1 heterocycles. The normalized spacial score (nSPS) is 10.3. The van der Waals surface area contributed by atoms with Crippen LogP contribution in [0.1, 0.15) is 11.3 Å². The summed E-state index contributed by atoms with van der Waals surface area (Å²) in [6.45, 7) is 2.24. The maximum atomic E-state index is 11.0. The van der Waals surface area contributed by atoms with Gasteiger partial charge in [-0.25, -0.2) is 0 Å². The van der Waals surface area contributed by atoms with Crippen LogP contribution in [-0.4, -0.2) is 23.7 Å². The van der Waals surface area contributed by atoms with E-state index in [2.05, 4.69) is 6.07 Å². The number of fused-ring (bicyclic) bond motifs is 1. The summed E-state index contributed by atoms with van der Waals surface area (Å²) < 4.78 is 12.4. The van der Waals surface area contributed by atoms with Crippen LogP contribution < -0.4 is 73.1 Å². The molecule has 0 amide bonds. The number of hydrogen-bond donors (Lipinski definition) is 1. The number of aromatic nitrogens is 1. The molecular formula is C19H18N3O4Rb. The number of pyridine rings is 1. The third kappa shape index (κ3) is 4.48. The van der Waals surface area contributed by atoms with Crippen molar-refractivity contribution in [1.29, 1.82) is 5.41 Å². The van der Waals surface area contributed by atoms with Crippen molar-refractivity contribution in [2.24, 2.45) is 0 Å². The number of rotatable bonds is 5. The van der Waals surface area contributed by atoms with E-state index in [4.69, 9.17) is 14.9 Å². The molecule has 0 saturated carbocycles. The van der Waals surface area contributed by atoms with Crippen molar-refractivity contribution in [2.45, 2.75) is 13.5 Å². The van der Waals surface area contributed by atoms with Crippen molar-refractivity contribution < 1.29 is 72.6 Å². The Balaban J connectivity index is 0.00000261. The molecule has 8 heteroatoms. The van der Waals surface area contributed by atoms with Crippen LogP contribution in [0.2, 0.25) is 0 Å². The van der Waals surface area contributed by atoms with Gasteiger partial charge in [0.05, 0.1) is 26.3 Å². The average Bonchev–Trinajstić information content (AvgIpc) is 2.64. The second kappa shape index (κ2) is 9.10. The zero-order chi connectivity index (χ0) is 18.8. The number of non-ortho nitro benzene ring substituents is 1. The van der Waals surface area contributed by atoms with Gasteiger partial charge in [0.25, 0.3) is 0 Å². The molecule has 0 spiro atoms. The van der Waals surface area contributed by atoms with Crippen molar-refractivity contribution >= 4 is 16.5 Å². The number of aryl methyl sites for hydroxylation is 1. The Bertz CT molecular complexity index is 1060. The minimum absolute atomic E-state index is 0. The molecule has 0 aliphatic heterocycles. The zero-order valence-electron chi connectivity index (χ0n) is 15.7. The van der Waals surface area contributed by atoms with Crippen molar-refractivity contribution in [1.82, 2.24) is 4.57 Å². The number of benzene rings is 2. The molecule has 2 aromatic carbocycles. The monoisotopic (exact) mass is 437 g/mol. The molecule has 0 aliphatic rings. The van der Waals surface area contributed by atoms with E-state index in [-0.39, 0.29) is 69.4 Å². The molecule has 0 saturated heterocycles. The summed E-state index contributed by atoms with van der Waals surface area (Å²) in [5.41, 5.74) is 1.86. The summed E-state index contributed by atoms with van der Waals surface area (Å²) in [4.78, 5) is 10.5. The van der Waals surface area contributed by atoms with E-state index in [1.54, 1.807) is 30.9 Å². The van der Waals surface area contributed by atoms with Gasteiger partial charge in [0, 0.05) is 16.6 Å². The molecule has 3 rings (SSSR count). The second-order valence-corrected chi connectivity index (χ2v) is 5.81. The van der Waals surface area contributed by atoms with Gasteiger partial charge in [-0.15, -0.1) is 6.07 Å². The third-order valence-electron chi connectivity index (χ3n) is 4.28. The molecule has 0 unspecified atom stereocenters. The van der Waals surface area contributed by atoms with E-state index in [0.717, 1.165) is 5.56 Å². The van der Waals surface area contributed by atoms with Gasteiger partial charge in [0.1, 0.15) is 11.5 Å². The summed E-state index contributed by atoms with van der Waals surface area (Å²) in [7, 11) is 3.18. The molecule has 0 bridgehead atoms. The first kappa shape index (κ1) is 21.8. The van der Waals surface area contributed by atoms with E-state index < -0.39 is 4.92 Å². The Morgan fingerprint density at radius 3 is 2.56 bits per heavy atom. The largest absolute Gasteiger partial charge is 1.00 e. The van der Waals surface area contributed by atoms with Gasteiger partial charge in [-0.1, -0.05) is 11.5 Å². The maximum Gasteiger partial charge on any atom is 1.00 e. The first-order valence-corrected chi connectivity index (χ1v) is 7.91. The second-order valence-electron chi connectivity index (χ2n) is 5.81. The Kier molecular flexibility index (Phi) is 7.33. The quantitative estimate of drug-likeness (QED) is 0.351. The van der Waals surface area contributed by atoms with Gasteiger partial charge in [-0.05, 0) is 30.8 Å². The maximum absolute atomic E-state index is 11.0. The van der Waals surface area contributed by atoms with Crippen LogP contribution in [0.15, 0.2) is 36.4 Å². The first-order valence-electron chi connectivity index (χ1n) is 7.91. The van der Waals surface area contributed by atoms with Gasteiger partial charge in [-0.2, -0.15) is 11.5 Å². The average molecular weight is 438 g/mol. The molecule has 0 aliphatic carbocycles. The van der Waals surface area contributed by atoms with Crippen LogP contribution in [0.5, 0.6) is 11.5 Å². The Morgan fingerprint density at radius 2 is 1.93 bits per heavy atom. The Labute approximate surface area is 205 Å². The number of ether oxygens (including phenoxy) is 2. The fraction of sp³-hybridized carbons (Fsp3) is 0.211. The van der Waals surface area contributed by atoms with E-state index in [1.165, 1.54) is 12.1 Å². The summed E-state index contributed by atoms with van der Waals surface area (Å²) in [5, 5.41) is 20.6. The minimum atomic E-state index is -0.449. The summed E-state index contributed by atoms with van der Waals surface area (Å²) >= 11 is 0. The van der Waals surface area contributed by atoms with E-state index in [9.17, 15) is 10.1 Å². The molecule has 0 atom stereocenters. The molecule has 1 N–H and O–H groups in total. The van der Waals surface area contributed by atoms with Gasteiger partial charge in [0.2, 0.25) is 5.69 Å². The van der Waals surface area contributed by atoms with E-state index in [0.29, 0.717) is 34.5 Å². The van der Waals surface area contributed by atoms with Crippen molar-refractivity contribution in [2.75, 3.05) is 14.2 Å². The van der Waals surface area contributed by atoms with Gasteiger partial charge < -0.3 is 14.0 Å². The topological polar surface area (TPSA) is 90.4 Å². The van der Waals surface area contributed by atoms with Gasteiger partial charge >= 0.3 is 58.2 Å². The van der Waals surface area contributed by atoms with Crippen LogP contribution in [0.3, 0.4) is 0 Å². The Morgan fingerprint density at radius 1 is 1.19 bits per heavy atom. The molecule has 27 heavy (non-hydrogen) atoms. The van der Waals surface area contributed by atoms with Gasteiger partial charge in [0.15, 0.2) is 0 Å². The fourth-order valence-corrected chi connectivity index (χ4v) is 2.88. The first-order chi connectivity index (χ1) is 12.4. The van der Waals surface area contributed by atoms with Crippen molar-refractivity contribution in [3.8, 4) is 11.5 Å². The zero-order valence-corrected chi connectivity index (χ0v) is 20.6. The fourth-order valence-electron chi connectivity index (χ4n) is 2.88. The molecule has 0 radical (unpaired) electrons. The number of nitrogens with one attached hydrogen (secondary N) is 1. The standard InChI is InChI=1S/C19H18N3O4.Rb/c1-12-8-14-9-15(22(23)24)5-7-17(14)19(20)21(12)11-13-4-6-16(25-2)10-18(13)26-3;/h4-7,9-10,20H,11H2,1-3H3;/q-1;+1. The SMILES string of the molecule is COc1ccc(Cn2c(C)[c-]c3cc([N+](=O)[O-])ccc3c2=N)c(OC)c1.[Rb+]. The summed E-state index contributed by atoms with van der Waals surface area (Å²) in [5.74, 6) is 1.36.